The molecule has 1 aliphatic heterocycles. The summed E-state index contributed by atoms with van der Waals surface area (Å²) in [6, 6.07) is 7.24. The third-order valence-electron chi connectivity index (χ3n) is 3.28. The van der Waals surface area contributed by atoms with E-state index >= 15 is 0 Å². The van der Waals surface area contributed by atoms with E-state index in [9.17, 15) is 9.59 Å². The minimum absolute atomic E-state index is 0.105. The molecule has 3 rings (SSSR count). The molecule has 114 valence electrons. The number of amides is 2. The number of carbonyl (C=O) groups is 2. The number of ether oxygens (including phenoxy) is 1. The average molecular weight is 318 g/mol. The third-order valence-corrected chi connectivity index (χ3v) is 4.27. The van der Waals surface area contributed by atoms with Crippen LogP contribution in [0.15, 0.2) is 24.3 Å². The van der Waals surface area contributed by atoms with Gasteiger partial charge >= 0.3 is 0 Å². The first-order valence-electron chi connectivity index (χ1n) is 6.60. The highest BCUT2D eigenvalue weighted by molar-refractivity contribution is 7.16. The number of aromatic nitrogens is 1. The molecular formula is C14H14N4O3S. The molecule has 1 unspecified atom stereocenters. The second kappa shape index (κ2) is 5.64. The van der Waals surface area contributed by atoms with Crippen molar-refractivity contribution in [1.82, 2.24) is 4.98 Å². The maximum Gasteiger partial charge on any atom is 0.255 e. The molecule has 1 aliphatic rings. The quantitative estimate of drug-likeness (QED) is 0.778. The summed E-state index contributed by atoms with van der Waals surface area (Å²) in [4.78, 5) is 27.7. The molecule has 0 spiro atoms. The van der Waals surface area contributed by atoms with Gasteiger partial charge in [0.25, 0.3) is 5.91 Å². The van der Waals surface area contributed by atoms with E-state index in [1.807, 2.05) is 12.1 Å². The monoisotopic (exact) mass is 318 g/mol. The molecular weight excluding hydrogens is 304 g/mol. The van der Waals surface area contributed by atoms with Crippen LogP contribution in [0.1, 0.15) is 22.8 Å². The number of rotatable bonds is 4. The molecule has 0 bridgehead atoms. The van der Waals surface area contributed by atoms with Crippen LogP contribution < -0.4 is 21.5 Å². The van der Waals surface area contributed by atoms with E-state index in [2.05, 4.69) is 10.3 Å². The highest BCUT2D eigenvalue weighted by atomic mass is 32.1. The molecule has 0 radical (unpaired) electrons. The van der Waals surface area contributed by atoms with Crippen molar-refractivity contribution in [1.29, 1.82) is 0 Å². The van der Waals surface area contributed by atoms with Crippen LogP contribution >= 0.6 is 11.3 Å². The molecule has 2 amide bonds. The Kier molecular flexibility index (Phi) is 3.68. The number of nitrogens with one attached hydrogen (secondary N) is 1. The number of nitrogens with two attached hydrogens (primary N) is 2. The van der Waals surface area contributed by atoms with Crippen LogP contribution in [-0.2, 0) is 9.59 Å². The van der Waals surface area contributed by atoms with Crippen molar-refractivity contribution < 1.29 is 14.3 Å². The van der Waals surface area contributed by atoms with Gasteiger partial charge in [-0.2, -0.15) is 0 Å². The van der Waals surface area contributed by atoms with E-state index < -0.39 is 5.91 Å². The highest BCUT2D eigenvalue weighted by Crippen LogP contribution is 2.41. The fraction of sp³-hybridized carbons (Fsp3) is 0.214. The van der Waals surface area contributed by atoms with Crippen molar-refractivity contribution in [3.8, 4) is 5.75 Å². The first kappa shape index (κ1) is 14.3. The van der Waals surface area contributed by atoms with Crippen molar-refractivity contribution in [3.05, 3.63) is 34.7 Å². The standard InChI is InChI=1S/C14H14N4O3S/c15-10(19)6-21-8-3-1-2-7(4-8)9-5-11(20)17-13-12(9)22-14(16)18-13/h1-4,9H,5-6H2,(H2,15,19)(H2,16,18)(H,17,20). The van der Waals surface area contributed by atoms with Crippen LogP contribution in [0.3, 0.4) is 0 Å². The zero-order valence-electron chi connectivity index (χ0n) is 11.5. The van der Waals surface area contributed by atoms with E-state index in [4.69, 9.17) is 16.2 Å². The minimum Gasteiger partial charge on any atom is -0.484 e. The van der Waals surface area contributed by atoms with Gasteiger partial charge in [-0.15, -0.1) is 0 Å². The van der Waals surface area contributed by atoms with Crippen LogP contribution in [0.5, 0.6) is 5.75 Å². The Hall–Kier alpha value is -2.61. The maximum atomic E-state index is 11.8. The summed E-state index contributed by atoms with van der Waals surface area (Å²) < 4.78 is 5.31. The van der Waals surface area contributed by atoms with Crippen molar-refractivity contribution in [2.45, 2.75) is 12.3 Å². The largest absolute Gasteiger partial charge is 0.484 e. The molecule has 22 heavy (non-hydrogen) atoms. The normalized spacial score (nSPS) is 16.7. The summed E-state index contributed by atoms with van der Waals surface area (Å²) in [5.74, 6) is 0.274. The van der Waals surface area contributed by atoms with Gasteiger partial charge in [-0.05, 0) is 17.7 Å². The lowest BCUT2D eigenvalue weighted by molar-refractivity contribution is -0.120. The van der Waals surface area contributed by atoms with Gasteiger partial charge in [0, 0.05) is 12.3 Å². The van der Waals surface area contributed by atoms with Gasteiger partial charge in [0.1, 0.15) is 11.6 Å². The number of nitrogens with zero attached hydrogens (tertiary/aromatic N) is 1. The molecule has 8 heteroatoms. The minimum atomic E-state index is -0.542. The van der Waals surface area contributed by atoms with E-state index in [-0.39, 0.29) is 18.4 Å². The molecule has 0 saturated heterocycles. The number of thiazole rings is 1. The Labute approximate surface area is 130 Å². The predicted octanol–water partition coefficient (Wildman–Crippen LogP) is 1.06. The van der Waals surface area contributed by atoms with E-state index in [0.29, 0.717) is 23.1 Å². The number of hydrogen-bond donors (Lipinski definition) is 3. The molecule has 7 nitrogen and oxygen atoms in total. The number of anilines is 2. The first-order valence-corrected chi connectivity index (χ1v) is 7.41. The van der Waals surface area contributed by atoms with Gasteiger partial charge in [0.05, 0.1) is 4.88 Å². The summed E-state index contributed by atoms with van der Waals surface area (Å²) in [5, 5.41) is 3.14. The third kappa shape index (κ3) is 2.86. The van der Waals surface area contributed by atoms with Gasteiger partial charge in [0.2, 0.25) is 5.91 Å². The summed E-state index contributed by atoms with van der Waals surface area (Å²) in [6.45, 7) is -0.187. The molecule has 2 heterocycles. The molecule has 2 aromatic rings. The number of fused-ring (bicyclic) bond motifs is 1. The topological polar surface area (TPSA) is 120 Å². The Morgan fingerprint density at radius 1 is 1.50 bits per heavy atom. The molecule has 0 fully saturated rings. The van der Waals surface area contributed by atoms with Crippen LogP contribution in [0.25, 0.3) is 0 Å². The molecule has 1 atom stereocenters. The van der Waals surface area contributed by atoms with Gasteiger partial charge < -0.3 is 21.5 Å². The van der Waals surface area contributed by atoms with Crippen molar-refractivity contribution >= 4 is 34.1 Å². The maximum absolute atomic E-state index is 11.8. The van der Waals surface area contributed by atoms with Gasteiger partial charge in [-0.3, -0.25) is 9.59 Å². The van der Waals surface area contributed by atoms with Crippen LogP contribution in [0.2, 0.25) is 0 Å². The molecule has 5 N–H and O–H groups in total. The first-order chi connectivity index (χ1) is 10.5. The summed E-state index contributed by atoms with van der Waals surface area (Å²) in [6.07, 6.45) is 0.313. The smallest absolute Gasteiger partial charge is 0.255 e. The number of benzene rings is 1. The molecule has 0 aliphatic carbocycles. The number of carbonyl (C=O) groups excluding carboxylic acids is 2. The number of primary amides is 1. The lowest BCUT2D eigenvalue weighted by Gasteiger charge is -2.22. The Balaban J connectivity index is 1.92. The lowest BCUT2D eigenvalue weighted by Crippen LogP contribution is -2.23. The summed E-state index contributed by atoms with van der Waals surface area (Å²) in [5.41, 5.74) is 11.7. The van der Waals surface area contributed by atoms with Crippen LogP contribution in [0, 0.1) is 0 Å². The van der Waals surface area contributed by atoms with Gasteiger partial charge in [0.15, 0.2) is 11.7 Å². The fourth-order valence-electron chi connectivity index (χ4n) is 2.38. The average Bonchev–Trinajstić information content (AvgIpc) is 2.84. The van der Waals surface area contributed by atoms with Crippen molar-refractivity contribution in [2.24, 2.45) is 5.73 Å². The van der Waals surface area contributed by atoms with Gasteiger partial charge in [-0.25, -0.2) is 4.98 Å². The van der Waals surface area contributed by atoms with E-state index in [1.165, 1.54) is 11.3 Å². The second-order valence-corrected chi connectivity index (χ2v) is 5.96. The van der Waals surface area contributed by atoms with Crippen LogP contribution in [0.4, 0.5) is 10.9 Å². The van der Waals surface area contributed by atoms with Crippen molar-refractivity contribution in [2.75, 3.05) is 17.7 Å². The fourth-order valence-corrected chi connectivity index (χ4v) is 3.30. The summed E-state index contributed by atoms with van der Waals surface area (Å²) >= 11 is 1.36. The number of nitrogen functional groups attached to an aromatic ring is 1. The summed E-state index contributed by atoms with van der Waals surface area (Å²) in [7, 11) is 0. The van der Waals surface area contributed by atoms with E-state index in [1.54, 1.807) is 12.1 Å². The zero-order chi connectivity index (χ0) is 15.7. The molecule has 1 aromatic carbocycles. The Morgan fingerprint density at radius 3 is 3.09 bits per heavy atom. The highest BCUT2D eigenvalue weighted by Gasteiger charge is 2.30. The molecule has 1 aromatic heterocycles. The number of hydrogen-bond acceptors (Lipinski definition) is 6. The molecule has 0 saturated carbocycles. The van der Waals surface area contributed by atoms with Crippen LogP contribution in [-0.4, -0.2) is 23.4 Å². The predicted molar refractivity (Wildman–Crippen MR) is 82.7 cm³/mol. The van der Waals surface area contributed by atoms with Gasteiger partial charge in [-0.1, -0.05) is 23.5 Å². The Morgan fingerprint density at radius 2 is 2.32 bits per heavy atom. The van der Waals surface area contributed by atoms with E-state index in [0.717, 1.165) is 10.4 Å². The second-order valence-electron chi connectivity index (χ2n) is 4.90. The van der Waals surface area contributed by atoms with Crippen molar-refractivity contribution in [3.63, 3.8) is 0 Å². The SMILES string of the molecule is NC(=O)COc1cccc(C2CC(=O)Nc3nc(N)sc32)c1. The zero-order valence-corrected chi connectivity index (χ0v) is 12.4. The Bertz CT molecular complexity index is 743. The lowest BCUT2D eigenvalue weighted by atomic mass is 9.91.